The number of hydrogen-bond acceptors (Lipinski definition) is 6. The summed E-state index contributed by atoms with van der Waals surface area (Å²) in [5, 5.41) is 0. The van der Waals surface area contributed by atoms with Gasteiger partial charge in [-0.3, -0.25) is 0 Å². The second-order valence-corrected chi connectivity index (χ2v) is 11.8. The minimum absolute atomic E-state index is 0.119. The number of aryl methyl sites for hydroxylation is 2. The van der Waals surface area contributed by atoms with E-state index in [-0.39, 0.29) is 4.58 Å². The van der Waals surface area contributed by atoms with Gasteiger partial charge in [0.1, 0.15) is 17.2 Å². The molecule has 1 aliphatic carbocycles. The Hall–Kier alpha value is -3.35. The maximum absolute atomic E-state index is 6.40. The topological polar surface area (TPSA) is 40.0 Å². The molecule has 0 aliphatic heterocycles. The standard InChI is InChI=1S/C32H31NO3S2/c1-34-26-13-17-29(18-14-26)37-32(38-30-19-15-27(35-2)16-20-30)22-31(36-28-9-4-3-5-10-28)33-25-12-11-23-7-6-8-24(23)21-25/h3-5,9-21,32H,6-8,22H2,1-2H3/b33-31-. The van der Waals surface area contributed by atoms with E-state index in [4.69, 9.17) is 19.2 Å². The van der Waals surface area contributed by atoms with Gasteiger partial charge in [-0.1, -0.05) is 24.3 Å². The predicted octanol–water partition coefficient (Wildman–Crippen LogP) is 8.60. The molecule has 0 aromatic heterocycles. The molecule has 0 saturated carbocycles. The number of fused-ring (bicyclic) bond motifs is 1. The predicted molar refractivity (Wildman–Crippen MR) is 159 cm³/mol. The Kier molecular flexibility index (Phi) is 8.94. The van der Waals surface area contributed by atoms with Gasteiger partial charge in [-0.05, 0) is 103 Å². The highest BCUT2D eigenvalue weighted by Crippen LogP contribution is 2.39. The lowest BCUT2D eigenvalue weighted by Gasteiger charge is -2.19. The number of nitrogens with zero attached hydrogens (tertiary/aromatic N) is 1. The highest BCUT2D eigenvalue weighted by molar-refractivity contribution is 8.17. The second kappa shape index (κ2) is 12.9. The first-order valence-corrected chi connectivity index (χ1v) is 14.5. The number of rotatable bonds is 10. The van der Waals surface area contributed by atoms with E-state index in [0.29, 0.717) is 12.3 Å². The average molecular weight is 542 g/mol. The van der Waals surface area contributed by atoms with Crippen LogP contribution >= 0.6 is 23.5 Å². The summed E-state index contributed by atoms with van der Waals surface area (Å²) in [7, 11) is 3.38. The van der Waals surface area contributed by atoms with Gasteiger partial charge in [0, 0.05) is 16.2 Å². The summed E-state index contributed by atoms with van der Waals surface area (Å²) >= 11 is 3.60. The summed E-state index contributed by atoms with van der Waals surface area (Å²) in [5.74, 6) is 3.18. The van der Waals surface area contributed by atoms with E-state index >= 15 is 0 Å². The van der Waals surface area contributed by atoms with Crippen LogP contribution in [0, 0.1) is 0 Å². The molecule has 0 atom stereocenters. The van der Waals surface area contributed by atoms with Gasteiger partial charge in [0.15, 0.2) is 5.90 Å². The molecule has 4 aromatic carbocycles. The highest BCUT2D eigenvalue weighted by atomic mass is 32.2. The molecule has 0 heterocycles. The van der Waals surface area contributed by atoms with E-state index in [1.165, 1.54) is 17.5 Å². The number of para-hydroxylation sites is 1. The third-order valence-electron chi connectivity index (χ3n) is 6.31. The Labute approximate surface area is 233 Å². The van der Waals surface area contributed by atoms with Gasteiger partial charge in [0.05, 0.1) is 24.5 Å². The summed E-state index contributed by atoms with van der Waals surface area (Å²) in [4.78, 5) is 7.36. The first-order valence-electron chi connectivity index (χ1n) is 12.7. The zero-order valence-corrected chi connectivity index (χ0v) is 23.3. The van der Waals surface area contributed by atoms with Crippen molar-refractivity contribution in [1.29, 1.82) is 0 Å². The van der Waals surface area contributed by atoms with Crippen LogP contribution in [0.15, 0.2) is 112 Å². The van der Waals surface area contributed by atoms with E-state index in [9.17, 15) is 0 Å². The Morgan fingerprint density at radius 1 is 0.711 bits per heavy atom. The molecule has 38 heavy (non-hydrogen) atoms. The fourth-order valence-electron chi connectivity index (χ4n) is 4.37. The van der Waals surface area contributed by atoms with E-state index in [1.54, 1.807) is 37.7 Å². The monoisotopic (exact) mass is 541 g/mol. The van der Waals surface area contributed by atoms with Crippen LogP contribution in [0.1, 0.15) is 24.0 Å². The van der Waals surface area contributed by atoms with Crippen LogP contribution in [-0.4, -0.2) is 24.7 Å². The van der Waals surface area contributed by atoms with Crippen molar-refractivity contribution in [3.8, 4) is 17.2 Å². The normalized spacial score (nSPS) is 12.9. The minimum atomic E-state index is 0.119. The summed E-state index contributed by atoms with van der Waals surface area (Å²) in [6, 6.07) is 32.8. The quantitative estimate of drug-likeness (QED) is 0.0870. The van der Waals surface area contributed by atoms with E-state index in [0.717, 1.165) is 45.6 Å². The first kappa shape index (κ1) is 26.3. The van der Waals surface area contributed by atoms with Crippen molar-refractivity contribution >= 4 is 35.1 Å². The number of benzene rings is 4. The maximum Gasteiger partial charge on any atom is 0.197 e. The Morgan fingerprint density at radius 2 is 1.32 bits per heavy atom. The molecule has 1 aliphatic rings. The lowest BCUT2D eigenvalue weighted by molar-refractivity contribution is 0.414. The van der Waals surface area contributed by atoms with Crippen LogP contribution in [0.3, 0.4) is 0 Å². The Bertz CT molecular complexity index is 1310. The van der Waals surface area contributed by atoms with Crippen LogP contribution in [0.25, 0.3) is 0 Å². The molecule has 0 fully saturated rings. The van der Waals surface area contributed by atoms with Gasteiger partial charge in [0.2, 0.25) is 0 Å². The fourth-order valence-corrected chi connectivity index (χ4v) is 6.87. The third kappa shape index (κ3) is 7.15. The second-order valence-electron chi connectivity index (χ2n) is 8.95. The first-order chi connectivity index (χ1) is 18.7. The third-order valence-corrected chi connectivity index (χ3v) is 8.84. The number of ether oxygens (including phenoxy) is 3. The number of methoxy groups -OCH3 is 2. The molecular weight excluding hydrogens is 510 g/mol. The molecule has 0 N–H and O–H groups in total. The van der Waals surface area contributed by atoms with Gasteiger partial charge >= 0.3 is 0 Å². The fraction of sp³-hybridized carbons (Fsp3) is 0.219. The van der Waals surface area contributed by atoms with Gasteiger partial charge in [-0.2, -0.15) is 0 Å². The van der Waals surface area contributed by atoms with E-state index in [2.05, 4.69) is 42.5 Å². The molecule has 0 unspecified atom stereocenters. The zero-order valence-electron chi connectivity index (χ0n) is 21.6. The van der Waals surface area contributed by atoms with Crippen molar-refractivity contribution in [2.75, 3.05) is 14.2 Å². The Balaban J connectivity index is 1.44. The van der Waals surface area contributed by atoms with Crippen molar-refractivity contribution in [1.82, 2.24) is 0 Å². The van der Waals surface area contributed by atoms with Crippen LogP contribution < -0.4 is 14.2 Å². The van der Waals surface area contributed by atoms with Crippen molar-refractivity contribution in [3.63, 3.8) is 0 Å². The van der Waals surface area contributed by atoms with Crippen LogP contribution in [0.4, 0.5) is 5.69 Å². The SMILES string of the molecule is COc1ccc(SC(C/C(=N/c2ccc3c(c2)CCC3)Oc2ccccc2)Sc2ccc(OC)cc2)cc1. The molecular formula is C32H31NO3S2. The summed E-state index contributed by atoms with van der Waals surface area (Å²) in [6.45, 7) is 0. The molecule has 0 amide bonds. The zero-order chi connectivity index (χ0) is 26.2. The number of hydrogen-bond donors (Lipinski definition) is 0. The molecule has 4 aromatic rings. The molecule has 0 radical (unpaired) electrons. The van der Waals surface area contributed by atoms with Gasteiger partial charge in [-0.25, -0.2) is 4.99 Å². The van der Waals surface area contributed by atoms with Crippen LogP contribution in [0.5, 0.6) is 17.2 Å². The average Bonchev–Trinajstić information content (AvgIpc) is 3.42. The molecule has 0 spiro atoms. The summed E-state index contributed by atoms with van der Waals surface area (Å²) in [6.07, 6.45) is 4.14. The molecule has 6 heteroatoms. The molecule has 0 bridgehead atoms. The Morgan fingerprint density at radius 3 is 1.92 bits per heavy atom. The highest BCUT2D eigenvalue weighted by Gasteiger charge is 2.19. The van der Waals surface area contributed by atoms with Gasteiger partial charge in [-0.15, -0.1) is 23.5 Å². The van der Waals surface area contributed by atoms with E-state index < -0.39 is 0 Å². The number of thioether (sulfide) groups is 2. The molecule has 0 saturated heterocycles. The van der Waals surface area contributed by atoms with Crippen LogP contribution in [0.2, 0.25) is 0 Å². The number of aliphatic imine (C=N–C) groups is 1. The van der Waals surface area contributed by atoms with E-state index in [1.807, 2.05) is 54.6 Å². The lowest BCUT2D eigenvalue weighted by atomic mass is 10.1. The molecule has 4 nitrogen and oxygen atoms in total. The van der Waals surface area contributed by atoms with Crippen molar-refractivity contribution in [2.24, 2.45) is 4.99 Å². The van der Waals surface area contributed by atoms with Gasteiger partial charge < -0.3 is 14.2 Å². The van der Waals surface area contributed by atoms with Crippen molar-refractivity contribution in [3.05, 3.63) is 108 Å². The lowest BCUT2D eigenvalue weighted by Crippen LogP contribution is -2.14. The summed E-state index contributed by atoms with van der Waals surface area (Å²) in [5.41, 5.74) is 3.79. The molecule has 194 valence electrons. The summed E-state index contributed by atoms with van der Waals surface area (Å²) < 4.78 is 17.2. The largest absolute Gasteiger partial charge is 0.497 e. The minimum Gasteiger partial charge on any atom is -0.497 e. The maximum atomic E-state index is 6.40. The molecule has 5 rings (SSSR count). The van der Waals surface area contributed by atoms with Crippen LogP contribution in [-0.2, 0) is 12.8 Å². The smallest absolute Gasteiger partial charge is 0.197 e. The van der Waals surface area contributed by atoms with Crippen molar-refractivity contribution < 1.29 is 14.2 Å². The van der Waals surface area contributed by atoms with Gasteiger partial charge in [0.25, 0.3) is 0 Å². The van der Waals surface area contributed by atoms with Crippen molar-refractivity contribution in [2.45, 2.75) is 40.1 Å².